The molecule has 3 N–H and O–H groups in total. The molecule has 0 saturated carbocycles. The van der Waals surface area contributed by atoms with Crippen molar-refractivity contribution in [2.24, 2.45) is 5.92 Å². The van der Waals surface area contributed by atoms with Gasteiger partial charge < -0.3 is 15.7 Å². The van der Waals surface area contributed by atoms with E-state index in [2.05, 4.69) is 22.8 Å². The Hall–Kier alpha value is -2.66. The van der Waals surface area contributed by atoms with Crippen LogP contribution in [0.3, 0.4) is 0 Å². The van der Waals surface area contributed by atoms with Crippen molar-refractivity contribution in [2.75, 3.05) is 18.4 Å². The molecule has 0 fully saturated rings. The van der Waals surface area contributed by atoms with Crippen LogP contribution in [0.5, 0.6) is 5.75 Å². The van der Waals surface area contributed by atoms with E-state index in [1.165, 1.54) is 11.6 Å². The van der Waals surface area contributed by atoms with Gasteiger partial charge in [-0.1, -0.05) is 30.3 Å². The molecule has 27 heavy (non-hydrogen) atoms. The number of anilines is 1. The monoisotopic (exact) mass is 364 g/mol. The van der Waals surface area contributed by atoms with Gasteiger partial charge in [0.2, 0.25) is 5.91 Å². The van der Waals surface area contributed by atoms with E-state index < -0.39 is 0 Å². The Morgan fingerprint density at radius 1 is 1.07 bits per heavy atom. The van der Waals surface area contributed by atoms with Gasteiger partial charge >= 0.3 is 0 Å². The molecule has 0 spiro atoms. The van der Waals surface area contributed by atoms with Crippen molar-refractivity contribution in [1.29, 1.82) is 0 Å². The number of benzene rings is 2. The quantitative estimate of drug-likeness (QED) is 0.563. The molecule has 1 unspecified atom stereocenters. The summed E-state index contributed by atoms with van der Waals surface area (Å²) in [7, 11) is 0. The summed E-state index contributed by atoms with van der Waals surface area (Å²) in [5.41, 5.74) is 4.35. The SMILES string of the molecule is O=C1CCc2c3c(cc(O)c2N1)C(=O)C(CNCCc1ccccc1)CC3. The molecule has 0 radical (unpaired) electrons. The molecule has 1 aliphatic heterocycles. The van der Waals surface area contributed by atoms with Gasteiger partial charge in [-0.25, -0.2) is 0 Å². The van der Waals surface area contributed by atoms with E-state index in [0.29, 0.717) is 30.6 Å². The molecule has 1 aliphatic carbocycles. The van der Waals surface area contributed by atoms with Crippen molar-refractivity contribution in [2.45, 2.75) is 32.1 Å². The molecule has 1 atom stereocenters. The fourth-order valence-corrected chi connectivity index (χ4v) is 4.14. The number of hydrogen-bond donors (Lipinski definition) is 3. The molecule has 4 rings (SSSR count). The predicted molar refractivity (Wildman–Crippen MR) is 104 cm³/mol. The lowest BCUT2D eigenvalue weighted by molar-refractivity contribution is -0.116. The summed E-state index contributed by atoms with van der Waals surface area (Å²) in [5, 5.41) is 16.4. The lowest BCUT2D eigenvalue weighted by atomic mass is 9.78. The highest BCUT2D eigenvalue weighted by molar-refractivity contribution is 6.04. The van der Waals surface area contributed by atoms with E-state index >= 15 is 0 Å². The first-order valence-corrected chi connectivity index (χ1v) is 9.60. The summed E-state index contributed by atoms with van der Waals surface area (Å²) in [6, 6.07) is 11.8. The summed E-state index contributed by atoms with van der Waals surface area (Å²) < 4.78 is 0. The van der Waals surface area contributed by atoms with Gasteiger partial charge in [-0.15, -0.1) is 0 Å². The maximum absolute atomic E-state index is 12.9. The number of phenols is 1. The van der Waals surface area contributed by atoms with E-state index in [1.807, 2.05) is 18.2 Å². The number of Topliss-reactive ketones (excluding diaryl/α,β-unsaturated/α-hetero) is 1. The second kappa shape index (κ2) is 7.53. The van der Waals surface area contributed by atoms with Crippen molar-refractivity contribution in [3.63, 3.8) is 0 Å². The largest absolute Gasteiger partial charge is 0.506 e. The Labute approximate surface area is 158 Å². The molecule has 2 aromatic carbocycles. The van der Waals surface area contributed by atoms with Crippen molar-refractivity contribution in [3.05, 3.63) is 58.7 Å². The molecule has 0 bridgehead atoms. The highest BCUT2D eigenvalue weighted by atomic mass is 16.3. The lowest BCUT2D eigenvalue weighted by Crippen LogP contribution is -2.34. The van der Waals surface area contributed by atoms with Crippen LogP contribution in [0.1, 0.15) is 39.9 Å². The molecule has 1 heterocycles. The van der Waals surface area contributed by atoms with Gasteiger partial charge in [0.15, 0.2) is 5.78 Å². The van der Waals surface area contributed by atoms with E-state index in [9.17, 15) is 14.7 Å². The fraction of sp³-hybridized carbons (Fsp3) is 0.364. The van der Waals surface area contributed by atoms with E-state index in [0.717, 1.165) is 36.9 Å². The molecule has 0 aromatic heterocycles. The number of nitrogens with one attached hydrogen (secondary N) is 2. The zero-order chi connectivity index (χ0) is 18.8. The molecule has 5 heteroatoms. The van der Waals surface area contributed by atoms with Crippen LogP contribution in [-0.4, -0.2) is 29.9 Å². The third-order valence-electron chi connectivity index (χ3n) is 5.60. The zero-order valence-corrected chi connectivity index (χ0v) is 15.3. The van der Waals surface area contributed by atoms with E-state index in [4.69, 9.17) is 0 Å². The maximum atomic E-state index is 12.9. The summed E-state index contributed by atoms with van der Waals surface area (Å²) in [5.74, 6) is -0.0504. The van der Waals surface area contributed by atoms with Crippen LogP contribution in [0.25, 0.3) is 0 Å². The van der Waals surface area contributed by atoms with Crippen LogP contribution >= 0.6 is 0 Å². The van der Waals surface area contributed by atoms with Crippen LogP contribution in [0.4, 0.5) is 5.69 Å². The number of aromatic hydroxyl groups is 1. The van der Waals surface area contributed by atoms with Crippen LogP contribution in [0, 0.1) is 5.92 Å². The third-order valence-corrected chi connectivity index (χ3v) is 5.60. The molecule has 2 aromatic rings. The smallest absolute Gasteiger partial charge is 0.224 e. The Morgan fingerprint density at radius 2 is 1.89 bits per heavy atom. The molecular weight excluding hydrogens is 340 g/mol. The van der Waals surface area contributed by atoms with Gasteiger partial charge in [-0.3, -0.25) is 9.59 Å². The number of fused-ring (bicyclic) bond motifs is 3. The van der Waals surface area contributed by atoms with Crippen LogP contribution in [-0.2, 0) is 24.1 Å². The minimum absolute atomic E-state index is 0.00263. The van der Waals surface area contributed by atoms with Gasteiger partial charge in [-0.05, 0) is 55.0 Å². The number of carbonyl (C=O) groups is 2. The van der Waals surface area contributed by atoms with Crippen LogP contribution < -0.4 is 10.6 Å². The van der Waals surface area contributed by atoms with E-state index in [1.54, 1.807) is 0 Å². The number of ketones is 1. The Morgan fingerprint density at radius 3 is 2.70 bits per heavy atom. The van der Waals surface area contributed by atoms with Crippen molar-refractivity contribution < 1.29 is 14.7 Å². The van der Waals surface area contributed by atoms with E-state index in [-0.39, 0.29) is 23.4 Å². The molecule has 0 saturated heterocycles. The standard InChI is InChI=1S/C22H24N2O3/c25-19-12-18-16(17-8-9-20(26)24-21(17)19)7-6-15(22(18)27)13-23-11-10-14-4-2-1-3-5-14/h1-5,12,15,23,25H,6-11,13H2,(H,24,26). The first kappa shape index (κ1) is 17.7. The Balaban J connectivity index is 1.42. The summed E-state index contributed by atoms with van der Waals surface area (Å²) in [6.07, 6.45) is 3.54. The first-order chi connectivity index (χ1) is 13.1. The first-order valence-electron chi connectivity index (χ1n) is 9.60. The highest BCUT2D eigenvalue weighted by Crippen LogP contribution is 2.40. The van der Waals surface area contributed by atoms with Crippen molar-refractivity contribution in [3.8, 4) is 5.75 Å². The van der Waals surface area contributed by atoms with Gasteiger partial charge in [0, 0.05) is 24.4 Å². The molecule has 1 amide bonds. The second-order valence-corrected chi connectivity index (χ2v) is 7.36. The van der Waals surface area contributed by atoms with Gasteiger partial charge in [-0.2, -0.15) is 0 Å². The minimum Gasteiger partial charge on any atom is -0.506 e. The molecule has 2 aliphatic rings. The Kier molecular flexibility index (Phi) is 4.94. The molecule has 140 valence electrons. The number of hydrogen-bond acceptors (Lipinski definition) is 4. The normalized spacial score (nSPS) is 18.6. The summed E-state index contributed by atoms with van der Waals surface area (Å²) >= 11 is 0. The number of carbonyl (C=O) groups excluding carboxylic acids is 2. The topological polar surface area (TPSA) is 78.4 Å². The zero-order valence-electron chi connectivity index (χ0n) is 15.3. The second-order valence-electron chi connectivity index (χ2n) is 7.36. The van der Waals surface area contributed by atoms with Crippen LogP contribution in [0.2, 0.25) is 0 Å². The van der Waals surface area contributed by atoms with Gasteiger partial charge in [0.25, 0.3) is 0 Å². The van der Waals surface area contributed by atoms with Gasteiger partial charge in [0.05, 0.1) is 5.69 Å². The van der Waals surface area contributed by atoms with Crippen LogP contribution in [0.15, 0.2) is 36.4 Å². The minimum atomic E-state index is -0.0830. The number of amides is 1. The van der Waals surface area contributed by atoms with Gasteiger partial charge in [0.1, 0.15) is 5.75 Å². The summed E-state index contributed by atoms with van der Waals surface area (Å²) in [6.45, 7) is 1.49. The number of rotatable bonds is 5. The van der Waals surface area contributed by atoms with Crippen molar-refractivity contribution in [1.82, 2.24) is 5.32 Å². The molecule has 5 nitrogen and oxygen atoms in total. The average molecular weight is 364 g/mol. The molecular formula is C22H24N2O3. The third kappa shape index (κ3) is 3.60. The average Bonchev–Trinajstić information content (AvgIpc) is 2.68. The lowest BCUT2D eigenvalue weighted by Gasteiger charge is -2.29. The highest BCUT2D eigenvalue weighted by Gasteiger charge is 2.32. The predicted octanol–water partition coefficient (Wildman–Crippen LogP) is 2.85. The Bertz CT molecular complexity index is 877. The summed E-state index contributed by atoms with van der Waals surface area (Å²) in [4.78, 5) is 24.6. The maximum Gasteiger partial charge on any atom is 0.224 e. The number of phenolic OH excluding ortho intramolecular Hbond substituents is 1. The fourth-order valence-electron chi connectivity index (χ4n) is 4.14. The van der Waals surface area contributed by atoms with Crippen molar-refractivity contribution >= 4 is 17.4 Å².